The monoisotopic (exact) mass is 286 g/mol. The van der Waals surface area contributed by atoms with Crippen molar-refractivity contribution in [3.63, 3.8) is 0 Å². The minimum absolute atomic E-state index is 0.111. The maximum absolute atomic E-state index is 9.45. The summed E-state index contributed by atoms with van der Waals surface area (Å²) in [6.45, 7) is 8.44. The molecule has 4 heteroatoms. The number of rotatable bonds is 10. The lowest BCUT2D eigenvalue weighted by Crippen LogP contribution is -2.45. The molecule has 120 valence electrons. The second-order valence-corrected chi connectivity index (χ2v) is 6.46. The van der Waals surface area contributed by atoms with Crippen molar-refractivity contribution in [2.45, 2.75) is 64.0 Å². The highest BCUT2D eigenvalue weighted by Crippen LogP contribution is 2.15. The van der Waals surface area contributed by atoms with E-state index in [2.05, 4.69) is 31.1 Å². The van der Waals surface area contributed by atoms with Crippen LogP contribution >= 0.6 is 0 Å². The molecule has 1 saturated heterocycles. The Bertz CT molecular complexity index is 245. The van der Waals surface area contributed by atoms with Gasteiger partial charge >= 0.3 is 0 Å². The molecule has 1 aliphatic heterocycles. The SMILES string of the molecule is CCNC(C)(CO)CCCCN(C)CC1CCCCO1. The van der Waals surface area contributed by atoms with Crippen molar-refractivity contribution in [3.8, 4) is 0 Å². The van der Waals surface area contributed by atoms with Gasteiger partial charge in [-0.05, 0) is 59.2 Å². The smallest absolute Gasteiger partial charge is 0.0701 e. The van der Waals surface area contributed by atoms with E-state index in [-0.39, 0.29) is 12.1 Å². The molecular formula is C16H34N2O2. The fourth-order valence-corrected chi connectivity index (χ4v) is 2.94. The first-order chi connectivity index (χ1) is 9.59. The lowest BCUT2D eigenvalue weighted by atomic mass is 9.95. The Labute approximate surface area is 124 Å². The van der Waals surface area contributed by atoms with Gasteiger partial charge in [0.25, 0.3) is 0 Å². The van der Waals surface area contributed by atoms with Crippen LogP contribution in [0.5, 0.6) is 0 Å². The summed E-state index contributed by atoms with van der Waals surface area (Å²) in [6, 6.07) is 0. The van der Waals surface area contributed by atoms with Crippen LogP contribution in [0.15, 0.2) is 0 Å². The van der Waals surface area contributed by atoms with E-state index in [0.29, 0.717) is 6.10 Å². The third kappa shape index (κ3) is 7.02. The standard InChI is InChI=1S/C16H34N2O2/c1-4-17-16(2,14-19)10-6-7-11-18(3)13-15-9-5-8-12-20-15/h15,17,19H,4-14H2,1-3H3. The summed E-state index contributed by atoms with van der Waals surface area (Å²) in [5.41, 5.74) is -0.111. The number of hydrogen-bond acceptors (Lipinski definition) is 4. The topological polar surface area (TPSA) is 44.7 Å². The number of unbranched alkanes of at least 4 members (excludes halogenated alkanes) is 1. The molecule has 2 atom stereocenters. The number of hydrogen-bond donors (Lipinski definition) is 2. The van der Waals surface area contributed by atoms with Crippen molar-refractivity contribution in [3.05, 3.63) is 0 Å². The number of aliphatic hydroxyl groups excluding tert-OH is 1. The summed E-state index contributed by atoms with van der Waals surface area (Å²) in [6.07, 6.45) is 7.57. The summed E-state index contributed by atoms with van der Waals surface area (Å²) in [4.78, 5) is 2.39. The number of nitrogens with one attached hydrogen (secondary N) is 1. The number of likely N-dealkylation sites (N-methyl/N-ethyl adjacent to an activating group) is 2. The summed E-state index contributed by atoms with van der Waals surface area (Å²) in [5.74, 6) is 0. The predicted octanol–water partition coefficient (Wildman–Crippen LogP) is 2.02. The highest BCUT2D eigenvalue weighted by molar-refractivity contribution is 4.81. The zero-order valence-electron chi connectivity index (χ0n) is 13.7. The van der Waals surface area contributed by atoms with Crippen LogP contribution in [0.4, 0.5) is 0 Å². The van der Waals surface area contributed by atoms with Gasteiger partial charge in [-0.15, -0.1) is 0 Å². The van der Waals surface area contributed by atoms with Crippen molar-refractivity contribution in [1.82, 2.24) is 10.2 Å². The third-order valence-corrected chi connectivity index (χ3v) is 4.26. The highest BCUT2D eigenvalue weighted by Gasteiger charge is 2.21. The molecule has 1 fully saturated rings. The molecule has 1 aliphatic rings. The first kappa shape index (κ1) is 17.9. The molecular weight excluding hydrogens is 252 g/mol. The van der Waals surface area contributed by atoms with E-state index in [1.807, 2.05) is 0 Å². The van der Waals surface area contributed by atoms with Crippen molar-refractivity contribution in [1.29, 1.82) is 0 Å². The zero-order valence-corrected chi connectivity index (χ0v) is 13.7. The zero-order chi connectivity index (χ0) is 14.8. The van der Waals surface area contributed by atoms with Crippen LogP contribution in [0.1, 0.15) is 52.4 Å². The molecule has 2 unspecified atom stereocenters. The number of aliphatic hydroxyl groups is 1. The number of ether oxygens (including phenoxy) is 1. The van der Waals surface area contributed by atoms with E-state index >= 15 is 0 Å². The van der Waals surface area contributed by atoms with Crippen LogP contribution in [0.2, 0.25) is 0 Å². The Morgan fingerprint density at radius 1 is 1.35 bits per heavy atom. The van der Waals surface area contributed by atoms with Gasteiger partial charge in [-0.1, -0.05) is 13.3 Å². The Morgan fingerprint density at radius 2 is 2.15 bits per heavy atom. The van der Waals surface area contributed by atoms with Gasteiger partial charge in [0.1, 0.15) is 0 Å². The van der Waals surface area contributed by atoms with E-state index in [1.165, 1.54) is 25.7 Å². The van der Waals surface area contributed by atoms with Crippen LogP contribution in [0.3, 0.4) is 0 Å². The normalized spacial score (nSPS) is 22.9. The van der Waals surface area contributed by atoms with Gasteiger partial charge in [-0.25, -0.2) is 0 Å². The van der Waals surface area contributed by atoms with E-state index < -0.39 is 0 Å². The van der Waals surface area contributed by atoms with Crippen LogP contribution in [-0.4, -0.2) is 61.5 Å². The average molecular weight is 286 g/mol. The summed E-state index contributed by atoms with van der Waals surface area (Å²) in [7, 11) is 2.19. The molecule has 0 bridgehead atoms. The van der Waals surface area contributed by atoms with Crippen molar-refractivity contribution in [2.24, 2.45) is 0 Å². The highest BCUT2D eigenvalue weighted by atomic mass is 16.5. The van der Waals surface area contributed by atoms with Gasteiger partial charge in [0.05, 0.1) is 12.7 Å². The summed E-state index contributed by atoms with van der Waals surface area (Å²) in [5, 5.41) is 12.8. The van der Waals surface area contributed by atoms with Gasteiger partial charge in [0.15, 0.2) is 0 Å². The van der Waals surface area contributed by atoms with Crippen molar-refractivity contribution >= 4 is 0 Å². The molecule has 0 radical (unpaired) electrons. The van der Waals surface area contributed by atoms with Crippen LogP contribution in [-0.2, 0) is 4.74 Å². The predicted molar refractivity (Wildman–Crippen MR) is 84.1 cm³/mol. The van der Waals surface area contributed by atoms with Crippen molar-refractivity contribution in [2.75, 3.05) is 39.9 Å². The van der Waals surface area contributed by atoms with Gasteiger partial charge < -0.3 is 20.1 Å². The lowest BCUT2D eigenvalue weighted by molar-refractivity contribution is -0.00169. The van der Waals surface area contributed by atoms with Crippen LogP contribution < -0.4 is 5.32 Å². The molecule has 0 spiro atoms. The molecule has 0 aromatic heterocycles. The Balaban J connectivity index is 2.10. The first-order valence-corrected chi connectivity index (χ1v) is 8.25. The van der Waals surface area contributed by atoms with Crippen LogP contribution in [0.25, 0.3) is 0 Å². The molecule has 20 heavy (non-hydrogen) atoms. The molecule has 1 heterocycles. The maximum atomic E-state index is 9.45. The Morgan fingerprint density at radius 3 is 2.75 bits per heavy atom. The second-order valence-electron chi connectivity index (χ2n) is 6.46. The first-order valence-electron chi connectivity index (χ1n) is 8.25. The molecule has 2 N–H and O–H groups in total. The molecule has 0 amide bonds. The van der Waals surface area contributed by atoms with Gasteiger partial charge in [-0.2, -0.15) is 0 Å². The summed E-state index contributed by atoms with van der Waals surface area (Å²) >= 11 is 0. The Kier molecular flexibility index (Phi) is 8.69. The molecule has 1 rings (SSSR count). The molecule has 0 saturated carbocycles. The Hall–Kier alpha value is -0.160. The molecule has 0 aliphatic carbocycles. The summed E-state index contributed by atoms with van der Waals surface area (Å²) < 4.78 is 5.77. The largest absolute Gasteiger partial charge is 0.394 e. The van der Waals surface area contributed by atoms with Crippen molar-refractivity contribution < 1.29 is 9.84 Å². The maximum Gasteiger partial charge on any atom is 0.0701 e. The fourth-order valence-electron chi connectivity index (χ4n) is 2.94. The molecule has 0 aromatic carbocycles. The minimum atomic E-state index is -0.111. The second kappa shape index (κ2) is 9.72. The van der Waals surface area contributed by atoms with Crippen LogP contribution in [0, 0.1) is 0 Å². The van der Waals surface area contributed by atoms with Gasteiger partial charge in [0, 0.05) is 18.7 Å². The average Bonchev–Trinajstić information content (AvgIpc) is 2.45. The quantitative estimate of drug-likeness (QED) is 0.603. The molecule has 0 aromatic rings. The minimum Gasteiger partial charge on any atom is -0.394 e. The van der Waals surface area contributed by atoms with E-state index in [0.717, 1.165) is 39.1 Å². The third-order valence-electron chi connectivity index (χ3n) is 4.26. The van der Waals surface area contributed by atoms with Gasteiger partial charge in [-0.3, -0.25) is 0 Å². The lowest BCUT2D eigenvalue weighted by Gasteiger charge is -2.29. The number of nitrogens with zero attached hydrogens (tertiary/aromatic N) is 1. The van der Waals surface area contributed by atoms with E-state index in [1.54, 1.807) is 0 Å². The van der Waals surface area contributed by atoms with E-state index in [9.17, 15) is 5.11 Å². The molecule has 4 nitrogen and oxygen atoms in total. The van der Waals surface area contributed by atoms with Gasteiger partial charge in [0.2, 0.25) is 0 Å². The van der Waals surface area contributed by atoms with E-state index in [4.69, 9.17) is 4.74 Å². The fraction of sp³-hybridized carbons (Fsp3) is 1.00.